The normalized spacial score (nSPS) is 17.1. The van der Waals surface area contributed by atoms with Gasteiger partial charge in [-0.25, -0.2) is 8.42 Å². The zero-order valence-electron chi connectivity index (χ0n) is 15.0. The number of hydrogen-bond donors (Lipinski definition) is 0. The second kappa shape index (κ2) is 8.41. The number of anilines is 1. The van der Waals surface area contributed by atoms with Crippen LogP contribution in [0.5, 0.6) is 0 Å². The minimum absolute atomic E-state index is 0. The Morgan fingerprint density at radius 1 is 1.11 bits per heavy atom. The minimum atomic E-state index is -4.71. The van der Waals surface area contributed by atoms with Gasteiger partial charge in [0.25, 0.3) is 5.91 Å². The van der Waals surface area contributed by atoms with E-state index in [-0.39, 0.29) is 35.2 Å². The Labute approximate surface area is 179 Å². The van der Waals surface area contributed by atoms with Crippen LogP contribution in [-0.4, -0.2) is 30.6 Å². The zero-order valence-corrected chi connectivity index (χ0v) is 17.8. The van der Waals surface area contributed by atoms with E-state index in [9.17, 15) is 17.8 Å². The first kappa shape index (κ1) is 21.4. The van der Waals surface area contributed by atoms with Crippen LogP contribution in [0.15, 0.2) is 68.8 Å². The second-order valence-corrected chi connectivity index (χ2v) is 7.12. The van der Waals surface area contributed by atoms with Crippen molar-refractivity contribution in [3.8, 4) is 0 Å². The molecule has 1 atom stereocenters. The third-order valence-corrected chi connectivity index (χ3v) is 4.63. The molecular weight excluding hydrogens is 379 g/mol. The summed E-state index contributed by atoms with van der Waals surface area (Å²) in [5, 5.41) is 13.2. The van der Waals surface area contributed by atoms with Gasteiger partial charge in [-0.2, -0.15) is 20.3 Å². The molecule has 1 heterocycles. The van der Waals surface area contributed by atoms with Gasteiger partial charge < -0.3 is 4.55 Å². The van der Waals surface area contributed by atoms with Crippen LogP contribution in [0.25, 0.3) is 0 Å². The third-order valence-electron chi connectivity index (χ3n) is 3.76. The largest absolute Gasteiger partial charge is 1.00 e. The fraction of sp³-hybridized carbons (Fsp3) is 0.176. The number of amides is 1. The summed E-state index contributed by atoms with van der Waals surface area (Å²) >= 11 is 0. The number of benzene rings is 2. The first-order valence-electron chi connectivity index (χ1n) is 7.69. The van der Waals surface area contributed by atoms with Crippen molar-refractivity contribution in [3.05, 3.63) is 54.1 Å². The molecule has 1 unspecified atom stereocenters. The van der Waals surface area contributed by atoms with Gasteiger partial charge in [0.2, 0.25) is 0 Å². The van der Waals surface area contributed by atoms with Crippen LogP contribution in [0, 0.1) is 6.92 Å². The van der Waals surface area contributed by atoms with Crippen LogP contribution < -0.4 is 34.6 Å². The Kier molecular flexibility index (Phi) is 6.66. The predicted octanol–water partition coefficient (Wildman–Crippen LogP) is -0.222. The SMILES string of the molecule is CC1=NN(c2ccccc2)C(=O)C1N=Nc1ccc(C)cc1S(=O)(=O)[O-].[Na+]. The number of aryl methyl sites for hydroxylation is 1. The number of hydrogen-bond acceptors (Lipinski definition) is 7. The molecule has 0 fully saturated rings. The molecule has 0 spiro atoms. The van der Waals surface area contributed by atoms with Gasteiger partial charge in [0.15, 0.2) is 6.04 Å². The van der Waals surface area contributed by atoms with Gasteiger partial charge >= 0.3 is 29.6 Å². The van der Waals surface area contributed by atoms with Crippen molar-refractivity contribution >= 4 is 33.1 Å². The van der Waals surface area contributed by atoms with Crippen LogP contribution >= 0.6 is 0 Å². The van der Waals surface area contributed by atoms with Crippen LogP contribution in [0.4, 0.5) is 11.4 Å². The van der Waals surface area contributed by atoms with Gasteiger partial charge in [-0.15, -0.1) is 0 Å². The summed E-state index contributed by atoms with van der Waals surface area (Å²) in [5.74, 6) is -0.406. The smallest absolute Gasteiger partial charge is 0.744 e. The first-order chi connectivity index (χ1) is 12.3. The molecule has 134 valence electrons. The van der Waals surface area contributed by atoms with Crippen LogP contribution in [-0.2, 0) is 14.9 Å². The average Bonchev–Trinajstić information content (AvgIpc) is 2.88. The Morgan fingerprint density at radius 2 is 1.78 bits per heavy atom. The van der Waals surface area contributed by atoms with Gasteiger partial charge in [0.1, 0.15) is 15.8 Å². The van der Waals surface area contributed by atoms with Crippen molar-refractivity contribution in [1.82, 2.24) is 0 Å². The molecule has 0 saturated carbocycles. The standard InChI is InChI=1S/C17H16N4O4S.Na/c1-11-8-9-14(15(10-11)26(23,24)25)18-19-16-12(2)20-21(17(16)22)13-6-4-3-5-7-13;/h3-10,16H,1-2H3,(H,23,24,25);/q;+1/p-1. The molecule has 0 aromatic heterocycles. The molecule has 3 rings (SSSR count). The number of hydrazone groups is 1. The van der Waals surface area contributed by atoms with E-state index in [2.05, 4.69) is 15.3 Å². The molecule has 1 aliphatic rings. The first-order valence-corrected chi connectivity index (χ1v) is 9.10. The van der Waals surface area contributed by atoms with Crippen molar-refractivity contribution in [2.75, 3.05) is 5.01 Å². The van der Waals surface area contributed by atoms with Crippen molar-refractivity contribution in [2.24, 2.45) is 15.3 Å². The monoisotopic (exact) mass is 394 g/mol. The van der Waals surface area contributed by atoms with Crippen molar-refractivity contribution in [3.63, 3.8) is 0 Å². The minimum Gasteiger partial charge on any atom is -0.744 e. The van der Waals surface area contributed by atoms with Gasteiger partial charge in [0, 0.05) is 0 Å². The quantitative estimate of drug-likeness (QED) is 0.405. The second-order valence-electron chi connectivity index (χ2n) is 5.77. The summed E-state index contributed by atoms with van der Waals surface area (Å²) in [4.78, 5) is 12.1. The third kappa shape index (κ3) is 4.69. The van der Waals surface area contributed by atoms with Gasteiger partial charge in [-0.05, 0) is 43.7 Å². The Morgan fingerprint density at radius 3 is 2.41 bits per heavy atom. The zero-order chi connectivity index (χ0) is 18.9. The summed E-state index contributed by atoms with van der Waals surface area (Å²) in [6, 6.07) is 12.1. The summed E-state index contributed by atoms with van der Waals surface area (Å²) < 4.78 is 34.2. The van der Waals surface area contributed by atoms with Gasteiger partial charge in [0.05, 0.1) is 16.3 Å². The summed E-state index contributed by atoms with van der Waals surface area (Å²) in [7, 11) is -4.71. The molecule has 27 heavy (non-hydrogen) atoms. The molecule has 2 aromatic carbocycles. The molecule has 0 radical (unpaired) electrons. The molecular formula is C17H15N4NaO4S. The number of carbonyl (C=O) groups excluding carboxylic acids is 1. The van der Waals surface area contributed by atoms with E-state index in [1.807, 2.05) is 6.07 Å². The predicted molar refractivity (Wildman–Crippen MR) is 94.5 cm³/mol. The Balaban J connectivity index is 0.00000261. The van der Waals surface area contributed by atoms with Gasteiger partial charge in [-0.3, -0.25) is 4.79 Å². The number of para-hydroxylation sites is 1. The van der Waals surface area contributed by atoms with E-state index in [4.69, 9.17) is 0 Å². The van der Waals surface area contributed by atoms with Crippen LogP contribution in [0.1, 0.15) is 12.5 Å². The number of azo groups is 1. The molecule has 0 aliphatic carbocycles. The van der Waals surface area contributed by atoms with Crippen molar-refractivity contribution in [2.45, 2.75) is 24.8 Å². The van der Waals surface area contributed by atoms with E-state index in [1.54, 1.807) is 44.2 Å². The topological polar surface area (TPSA) is 115 Å². The molecule has 0 saturated heterocycles. The van der Waals surface area contributed by atoms with E-state index >= 15 is 0 Å². The van der Waals surface area contributed by atoms with Crippen molar-refractivity contribution < 1.29 is 47.3 Å². The summed E-state index contributed by atoms with van der Waals surface area (Å²) in [5.41, 5.74) is 1.50. The number of carbonyl (C=O) groups is 1. The Bertz CT molecular complexity index is 1020. The maximum Gasteiger partial charge on any atom is 1.00 e. The van der Waals surface area contributed by atoms with E-state index in [1.165, 1.54) is 17.1 Å². The number of rotatable bonds is 4. The van der Waals surface area contributed by atoms with Gasteiger partial charge in [-0.1, -0.05) is 24.3 Å². The molecule has 8 nitrogen and oxygen atoms in total. The van der Waals surface area contributed by atoms with E-state index in [0.717, 1.165) is 0 Å². The fourth-order valence-corrected chi connectivity index (χ4v) is 3.16. The summed E-state index contributed by atoms with van der Waals surface area (Å²) in [6.45, 7) is 3.29. The van der Waals surface area contributed by atoms with Crippen molar-refractivity contribution in [1.29, 1.82) is 0 Å². The molecule has 1 aliphatic heterocycles. The average molecular weight is 394 g/mol. The van der Waals surface area contributed by atoms with E-state index in [0.29, 0.717) is 17.0 Å². The van der Waals surface area contributed by atoms with Crippen LogP contribution in [0.3, 0.4) is 0 Å². The maximum absolute atomic E-state index is 12.6. The number of nitrogens with zero attached hydrogens (tertiary/aromatic N) is 4. The molecule has 2 aromatic rings. The molecule has 0 bridgehead atoms. The molecule has 0 N–H and O–H groups in total. The van der Waals surface area contributed by atoms with E-state index < -0.39 is 27.0 Å². The molecule has 1 amide bonds. The van der Waals surface area contributed by atoms with Crippen LogP contribution in [0.2, 0.25) is 0 Å². The summed E-state index contributed by atoms with van der Waals surface area (Å²) in [6.07, 6.45) is 0. The maximum atomic E-state index is 12.6. The molecule has 10 heteroatoms. The Hall–Kier alpha value is -1.91. The fourth-order valence-electron chi connectivity index (χ4n) is 2.47.